The third-order valence-electron chi connectivity index (χ3n) is 3.16. The minimum Gasteiger partial charge on any atom is -0.303 e. The summed E-state index contributed by atoms with van der Waals surface area (Å²) >= 11 is 3.42. The van der Waals surface area contributed by atoms with Crippen molar-refractivity contribution in [3.8, 4) is 0 Å². The number of aryl methyl sites for hydroxylation is 1. The summed E-state index contributed by atoms with van der Waals surface area (Å²) in [4.78, 5) is 12.9. The van der Waals surface area contributed by atoms with Crippen LogP contribution in [0.2, 0.25) is 0 Å². The van der Waals surface area contributed by atoms with E-state index in [1.165, 1.54) is 5.56 Å². The Bertz CT molecular complexity index is 648. The van der Waals surface area contributed by atoms with Gasteiger partial charge in [0.05, 0.1) is 6.04 Å². The van der Waals surface area contributed by atoms with Crippen molar-refractivity contribution in [2.75, 3.05) is 0 Å². The molecular weight excluding hydrogens is 300 g/mol. The number of aromatic nitrogens is 3. The molecule has 0 bridgehead atoms. The number of nitrogens with one attached hydrogen (secondary N) is 1. The van der Waals surface area contributed by atoms with Gasteiger partial charge in [-0.1, -0.05) is 0 Å². The smallest absolute Gasteiger partial charge is 0.125 e. The Morgan fingerprint density at radius 3 is 2.67 bits per heavy atom. The second-order valence-electron chi connectivity index (χ2n) is 4.78. The van der Waals surface area contributed by atoms with Gasteiger partial charge in [0.25, 0.3) is 0 Å². The van der Waals surface area contributed by atoms with Crippen molar-refractivity contribution in [2.24, 2.45) is 0 Å². The van der Waals surface area contributed by atoms with Crippen LogP contribution in [0.3, 0.4) is 0 Å². The highest BCUT2D eigenvalue weighted by Crippen LogP contribution is 2.22. The molecule has 3 heterocycles. The number of hydrogen-bond donors (Lipinski definition) is 1. The van der Waals surface area contributed by atoms with Crippen LogP contribution < -0.4 is 5.32 Å². The van der Waals surface area contributed by atoms with Crippen LogP contribution >= 0.6 is 22.7 Å². The molecule has 108 valence electrons. The van der Waals surface area contributed by atoms with E-state index < -0.39 is 0 Å². The maximum absolute atomic E-state index is 4.45. The molecule has 3 rings (SSSR count). The van der Waals surface area contributed by atoms with Crippen molar-refractivity contribution in [3.05, 3.63) is 62.8 Å². The molecule has 0 radical (unpaired) electrons. The lowest BCUT2D eigenvalue weighted by molar-refractivity contribution is 0.527. The standard InChI is InChI=1S/C15H16N4S2/c1-11-17-7-13(8-18-11)9-19-14(15-16-3-5-21-15)6-12-2-4-20-10-12/h2-5,7-8,10,14,19H,6,9H2,1H3/t14-/m0/s1. The van der Waals surface area contributed by atoms with Crippen LogP contribution in [0, 0.1) is 6.92 Å². The predicted molar refractivity (Wildman–Crippen MR) is 86.5 cm³/mol. The fourth-order valence-corrected chi connectivity index (χ4v) is 3.44. The van der Waals surface area contributed by atoms with Crippen LogP contribution in [0.4, 0.5) is 0 Å². The second kappa shape index (κ2) is 6.89. The molecule has 6 heteroatoms. The molecule has 3 aromatic heterocycles. The Kier molecular flexibility index (Phi) is 4.69. The molecule has 1 N–H and O–H groups in total. The van der Waals surface area contributed by atoms with E-state index >= 15 is 0 Å². The molecule has 1 atom stereocenters. The Morgan fingerprint density at radius 2 is 2.00 bits per heavy atom. The number of hydrogen-bond acceptors (Lipinski definition) is 6. The largest absolute Gasteiger partial charge is 0.303 e. The van der Waals surface area contributed by atoms with Gasteiger partial charge in [-0.2, -0.15) is 11.3 Å². The summed E-state index contributed by atoms with van der Waals surface area (Å²) in [5.41, 5.74) is 2.43. The Hall–Kier alpha value is -1.63. The SMILES string of the molecule is Cc1ncc(CN[C@@H](Cc2ccsc2)c2nccs2)cn1. The summed E-state index contributed by atoms with van der Waals surface area (Å²) in [6.07, 6.45) is 6.55. The first-order chi connectivity index (χ1) is 10.3. The maximum atomic E-state index is 4.45. The third-order valence-corrected chi connectivity index (χ3v) is 4.78. The van der Waals surface area contributed by atoms with Crippen LogP contribution in [0.15, 0.2) is 40.8 Å². The fraction of sp³-hybridized carbons (Fsp3) is 0.267. The maximum Gasteiger partial charge on any atom is 0.125 e. The first-order valence-electron chi connectivity index (χ1n) is 6.72. The van der Waals surface area contributed by atoms with Gasteiger partial charge in [-0.25, -0.2) is 15.0 Å². The molecule has 0 amide bonds. The second-order valence-corrected chi connectivity index (χ2v) is 6.48. The monoisotopic (exact) mass is 316 g/mol. The quantitative estimate of drug-likeness (QED) is 0.757. The summed E-state index contributed by atoms with van der Waals surface area (Å²) in [5.74, 6) is 0.800. The Balaban J connectivity index is 1.69. The van der Waals surface area contributed by atoms with Crippen LogP contribution in [-0.2, 0) is 13.0 Å². The molecule has 0 saturated heterocycles. The van der Waals surface area contributed by atoms with Gasteiger partial charge in [0.15, 0.2) is 0 Å². The summed E-state index contributed by atoms with van der Waals surface area (Å²) in [5, 5.41) is 11.0. The molecule has 0 aliphatic carbocycles. The zero-order valence-corrected chi connectivity index (χ0v) is 13.3. The lowest BCUT2D eigenvalue weighted by atomic mass is 10.1. The molecule has 0 aliphatic rings. The molecule has 0 saturated carbocycles. The van der Waals surface area contributed by atoms with Gasteiger partial charge in [-0.15, -0.1) is 11.3 Å². The summed E-state index contributed by atoms with van der Waals surface area (Å²) in [7, 11) is 0. The highest BCUT2D eigenvalue weighted by atomic mass is 32.1. The van der Waals surface area contributed by atoms with Crippen LogP contribution in [0.5, 0.6) is 0 Å². The first kappa shape index (κ1) is 14.3. The van der Waals surface area contributed by atoms with Crippen LogP contribution in [-0.4, -0.2) is 15.0 Å². The van der Waals surface area contributed by atoms with Gasteiger partial charge in [-0.3, -0.25) is 0 Å². The van der Waals surface area contributed by atoms with Gasteiger partial charge in [0, 0.05) is 36.1 Å². The highest BCUT2D eigenvalue weighted by Gasteiger charge is 2.15. The lowest BCUT2D eigenvalue weighted by Gasteiger charge is -2.16. The summed E-state index contributed by atoms with van der Waals surface area (Å²) < 4.78 is 0. The van der Waals surface area contributed by atoms with Gasteiger partial charge in [0.1, 0.15) is 10.8 Å². The van der Waals surface area contributed by atoms with E-state index in [9.17, 15) is 0 Å². The minimum atomic E-state index is 0.223. The van der Waals surface area contributed by atoms with Gasteiger partial charge < -0.3 is 5.32 Å². The van der Waals surface area contributed by atoms with E-state index in [-0.39, 0.29) is 6.04 Å². The molecule has 0 aliphatic heterocycles. The van der Waals surface area contributed by atoms with Crippen molar-refractivity contribution in [2.45, 2.75) is 25.9 Å². The number of rotatable bonds is 6. The molecule has 3 aromatic rings. The lowest BCUT2D eigenvalue weighted by Crippen LogP contribution is -2.23. The topological polar surface area (TPSA) is 50.7 Å². The molecule has 4 nitrogen and oxygen atoms in total. The van der Waals surface area contributed by atoms with Crippen molar-refractivity contribution in [1.82, 2.24) is 20.3 Å². The van der Waals surface area contributed by atoms with Crippen LogP contribution in [0.1, 0.15) is 28.0 Å². The van der Waals surface area contributed by atoms with Gasteiger partial charge >= 0.3 is 0 Å². The molecule has 0 fully saturated rings. The van der Waals surface area contributed by atoms with E-state index in [0.29, 0.717) is 0 Å². The van der Waals surface area contributed by atoms with E-state index in [1.807, 2.05) is 30.9 Å². The van der Waals surface area contributed by atoms with E-state index in [0.717, 1.165) is 29.4 Å². The van der Waals surface area contributed by atoms with Crippen LogP contribution in [0.25, 0.3) is 0 Å². The number of thiazole rings is 1. The van der Waals surface area contributed by atoms with E-state index in [1.54, 1.807) is 22.7 Å². The normalized spacial score (nSPS) is 12.4. The zero-order valence-electron chi connectivity index (χ0n) is 11.7. The van der Waals surface area contributed by atoms with Crippen molar-refractivity contribution >= 4 is 22.7 Å². The average Bonchev–Trinajstić information content (AvgIpc) is 3.18. The molecule has 21 heavy (non-hydrogen) atoms. The fourth-order valence-electron chi connectivity index (χ4n) is 2.05. The van der Waals surface area contributed by atoms with Gasteiger partial charge in [-0.05, 0) is 35.7 Å². The number of thiophene rings is 1. The Morgan fingerprint density at radius 1 is 1.14 bits per heavy atom. The van der Waals surface area contributed by atoms with Crippen molar-refractivity contribution < 1.29 is 0 Å². The molecule has 0 unspecified atom stereocenters. The molecular formula is C15H16N4S2. The first-order valence-corrected chi connectivity index (χ1v) is 8.55. The highest BCUT2D eigenvalue weighted by molar-refractivity contribution is 7.09. The van der Waals surface area contributed by atoms with Crippen molar-refractivity contribution in [1.29, 1.82) is 0 Å². The summed E-state index contributed by atoms with van der Waals surface area (Å²) in [6, 6.07) is 2.39. The van der Waals surface area contributed by atoms with E-state index in [2.05, 4.69) is 37.1 Å². The average molecular weight is 316 g/mol. The number of nitrogens with zero attached hydrogens (tertiary/aromatic N) is 3. The third kappa shape index (κ3) is 3.93. The van der Waals surface area contributed by atoms with E-state index in [4.69, 9.17) is 0 Å². The predicted octanol–water partition coefficient (Wildman–Crippen LogP) is 3.38. The molecule has 0 aromatic carbocycles. The molecule has 0 spiro atoms. The van der Waals surface area contributed by atoms with Crippen molar-refractivity contribution in [3.63, 3.8) is 0 Å². The van der Waals surface area contributed by atoms with Gasteiger partial charge in [0.2, 0.25) is 0 Å². The summed E-state index contributed by atoms with van der Waals surface area (Å²) in [6.45, 7) is 2.64. The minimum absolute atomic E-state index is 0.223. The Labute approximate surface area is 131 Å². The zero-order chi connectivity index (χ0) is 14.5.